The van der Waals surface area contributed by atoms with Crippen LogP contribution in [0, 0.1) is 0 Å². The summed E-state index contributed by atoms with van der Waals surface area (Å²) in [5.41, 5.74) is 2.09. The summed E-state index contributed by atoms with van der Waals surface area (Å²) in [5, 5.41) is 20.7. The zero-order valence-corrected chi connectivity index (χ0v) is 26.6. The Balaban J connectivity index is 1.47. The van der Waals surface area contributed by atoms with Crippen LogP contribution in [-0.4, -0.2) is 80.3 Å². The van der Waals surface area contributed by atoms with Gasteiger partial charge in [0.25, 0.3) is 5.91 Å². The fourth-order valence-electron chi connectivity index (χ4n) is 5.17. The van der Waals surface area contributed by atoms with Gasteiger partial charge in [0.1, 0.15) is 24.4 Å². The number of aliphatic hydroxyl groups excluding tert-OH is 1. The minimum Gasteiger partial charge on any atom is -0.493 e. The molecule has 0 radical (unpaired) electrons. The number of fused-ring (bicyclic) bond motifs is 1. The van der Waals surface area contributed by atoms with Gasteiger partial charge in [0, 0.05) is 6.54 Å². The molecular formula is C35H42N4O8. The van der Waals surface area contributed by atoms with Crippen LogP contribution in [0.3, 0.4) is 0 Å². The van der Waals surface area contributed by atoms with Crippen molar-refractivity contribution in [3.05, 3.63) is 89.5 Å². The van der Waals surface area contributed by atoms with Crippen molar-refractivity contribution in [3.8, 4) is 17.2 Å². The molecule has 0 saturated carbocycles. The molecule has 0 unspecified atom stereocenters. The first-order valence-electron chi connectivity index (χ1n) is 15.7. The lowest BCUT2D eigenvalue weighted by Gasteiger charge is -2.25. The van der Waals surface area contributed by atoms with E-state index < -0.39 is 54.8 Å². The van der Waals surface area contributed by atoms with E-state index >= 15 is 0 Å². The largest absolute Gasteiger partial charge is 0.493 e. The second-order valence-corrected chi connectivity index (χ2v) is 11.0. The van der Waals surface area contributed by atoms with Crippen LogP contribution in [0.5, 0.6) is 17.2 Å². The second-order valence-electron chi connectivity index (χ2n) is 11.0. The van der Waals surface area contributed by atoms with Crippen molar-refractivity contribution in [2.24, 2.45) is 0 Å². The van der Waals surface area contributed by atoms with E-state index in [1.807, 2.05) is 55.5 Å². The number of carbonyl (C=O) groups is 4. The van der Waals surface area contributed by atoms with E-state index in [-0.39, 0.29) is 24.5 Å². The molecule has 47 heavy (non-hydrogen) atoms. The molecular weight excluding hydrogens is 604 g/mol. The van der Waals surface area contributed by atoms with Gasteiger partial charge in [-0.3, -0.25) is 19.2 Å². The van der Waals surface area contributed by atoms with Crippen LogP contribution < -0.4 is 35.5 Å². The number of aryl methyl sites for hydroxylation is 1. The van der Waals surface area contributed by atoms with E-state index in [1.54, 1.807) is 31.4 Å². The number of hydrogen-bond acceptors (Lipinski definition) is 8. The highest BCUT2D eigenvalue weighted by Gasteiger charge is 2.29. The lowest BCUT2D eigenvalue weighted by Crippen LogP contribution is -2.55. The second kappa shape index (κ2) is 17.6. The van der Waals surface area contributed by atoms with E-state index in [9.17, 15) is 24.3 Å². The number of benzene rings is 3. The molecule has 0 fully saturated rings. The van der Waals surface area contributed by atoms with E-state index in [0.29, 0.717) is 37.4 Å². The number of nitrogens with one attached hydrogen (secondary N) is 4. The molecule has 1 aliphatic heterocycles. The highest BCUT2D eigenvalue weighted by molar-refractivity contribution is 6.01. The summed E-state index contributed by atoms with van der Waals surface area (Å²) >= 11 is 0. The van der Waals surface area contributed by atoms with Crippen LogP contribution in [0.2, 0.25) is 0 Å². The summed E-state index contributed by atoms with van der Waals surface area (Å²) in [6.07, 6.45) is 1.14. The van der Waals surface area contributed by atoms with Gasteiger partial charge in [0.05, 0.1) is 38.3 Å². The van der Waals surface area contributed by atoms with Crippen molar-refractivity contribution in [1.29, 1.82) is 0 Å². The van der Waals surface area contributed by atoms with Gasteiger partial charge < -0.3 is 40.6 Å². The monoisotopic (exact) mass is 646 g/mol. The molecule has 250 valence electrons. The standard InChI is InChI=1S/C35H42N4O8/c1-3-46-30-16-15-24(19-31(30)45-2)12-9-17-36-34(43)27-20-32(41)38-28(21-40)35(44)37-25(18-23-10-5-4-6-11-23)22-47-29-14-8-7-13-26(29)33(42)39-27/h4-8,10-11,13-16,19,25,27-28,40H,3,9,12,17-18,20-22H2,1-2H3,(H,36,43)(H,37,44)(H,38,41)(H,39,42)/t25-,27+,28+/m1/s1. The SMILES string of the molecule is CCOc1ccc(CCCNC(=O)[C@@H]2CC(=O)N[C@@H](CO)C(=O)N[C@H](Cc3ccccc3)COc3ccccc3C(=O)N2)cc1OC. The fourth-order valence-corrected chi connectivity index (χ4v) is 5.17. The molecule has 3 aromatic rings. The summed E-state index contributed by atoms with van der Waals surface area (Å²) in [7, 11) is 1.57. The van der Waals surface area contributed by atoms with E-state index in [4.69, 9.17) is 14.2 Å². The maximum absolute atomic E-state index is 13.5. The van der Waals surface area contributed by atoms with Crippen molar-refractivity contribution in [2.75, 3.05) is 33.5 Å². The van der Waals surface area contributed by atoms with Crippen molar-refractivity contribution in [3.63, 3.8) is 0 Å². The van der Waals surface area contributed by atoms with Gasteiger partial charge in [-0.25, -0.2) is 0 Å². The Labute approximate surface area is 274 Å². The minimum absolute atomic E-state index is 0.00116. The molecule has 5 N–H and O–H groups in total. The minimum atomic E-state index is -1.28. The highest BCUT2D eigenvalue weighted by atomic mass is 16.5. The molecule has 12 nitrogen and oxygen atoms in total. The Morgan fingerprint density at radius 2 is 1.72 bits per heavy atom. The molecule has 0 saturated heterocycles. The molecule has 0 aliphatic carbocycles. The first-order chi connectivity index (χ1) is 22.8. The van der Waals surface area contributed by atoms with Gasteiger partial charge in [-0.15, -0.1) is 0 Å². The van der Waals surface area contributed by atoms with E-state index in [1.165, 1.54) is 0 Å². The number of amides is 4. The Kier molecular flexibility index (Phi) is 13.0. The molecule has 0 aromatic heterocycles. The molecule has 3 aromatic carbocycles. The van der Waals surface area contributed by atoms with Gasteiger partial charge in [-0.1, -0.05) is 48.5 Å². The Hall–Kier alpha value is -5.10. The summed E-state index contributed by atoms with van der Waals surface area (Å²) in [4.78, 5) is 53.0. The summed E-state index contributed by atoms with van der Waals surface area (Å²) in [5.74, 6) is -0.954. The molecule has 4 rings (SSSR count). The molecule has 3 atom stereocenters. The number of aliphatic hydroxyl groups is 1. The van der Waals surface area contributed by atoms with Gasteiger partial charge in [0.15, 0.2) is 11.5 Å². The number of methoxy groups -OCH3 is 1. The summed E-state index contributed by atoms with van der Waals surface area (Å²) in [6, 6.07) is 18.6. The number of hydrogen-bond donors (Lipinski definition) is 5. The predicted molar refractivity (Wildman–Crippen MR) is 174 cm³/mol. The van der Waals surface area contributed by atoms with Gasteiger partial charge >= 0.3 is 0 Å². The highest BCUT2D eigenvalue weighted by Crippen LogP contribution is 2.28. The van der Waals surface area contributed by atoms with Crippen LogP contribution in [0.1, 0.15) is 41.3 Å². The average Bonchev–Trinajstić information content (AvgIpc) is 3.08. The van der Waals surface area contributed by atoms with Crippen molar-refractivity contribution in [2.45, 2.75) is 50.7 Å². The Morgan fingerprint density at radius 1 is 0.957 bits per heavy atom. The normalized spacial score (nSPS) is 18.7. The molecule has 12 heteroatoms. The van der Waals surface area contributed by atoms with Crippen LogP contribution in [-0.2, 0) is 27.2 Å². The van der Waals surface area contributed by atoms with Crippen molar-refractivity contribution < 1.29 is 38.5 Å². The first kappa shape index (κ1) is 34.8. The molecule has 0 bridgehead atoms. The lowest BCUT2D eigenvalue weighted by molar-refractivity contribution is -0.132. The molecule has 1 heterocycles. The van der Waals surface area contributed by atoms with Gasteiger partial charge in [0.2, 0.25) is 17.7 Å². The molecule has 4 amide bonds. The topological polar surface area (TPSA) is 164 Å². The average molecular weight is 647 g/mol. The van der Waals surface area contributed by atoms with Gasteiger partial charge in [-0.05, 0) is 61.6 Å². The number of para-hydroxylation sites is 1. The smallest absolute Gasteiger partial charge is 0.255 e. The van der Waals surface area contributed by atoms with Crippen molar-refractivity contribution >= 4 is 23.6 Å². The fraction of sp³-hybridized carbons (Fsp3) is 0.371. The number of carbonyl (C=O) groups excluding carboxylic acids is 4. The Morgan fingerprint density at radius 3 is 2.47 bits per heavy atom. The first-order valence-corrected chi connectivity index (χ1v) is 15.7. The van der Waals surface area contributed by atoms with Crippen LogP contribution in [0.15, 0.2) is 72.8 Å². The third-order valence-electron chi connectivity index (χ3n) is 7.56. The zero-order valence-electron chi connectivity index (χ0n) is 26.6. The third-order valence-corrected chi connectivity index (χ3v) is 7.56. The maximum atomic E-state index is 13.5. The van der Waals surface area contributed by atoms with E-state index in [2.05, 4.69) is 21.3 Å². The predicted octanol–water partition coefficient (Wildman–Crippen LogP) is 1.93. The maximum Gasteiger partial charge on any atom is 0.255 e. The Bertz CT molecular complexity index is 1520. The van der Waals surface area contributed by atoms with Crippen molar-refractivity contribution in [1.82, 2.24) is 21.3 Å². The summed E-state index contributed by atoms with van der Waals surface area (Å²) < 4.78 is 17.0. The third kappa shape index (κ3) is 10.2. The molecule has 0 spiro atoms. The summed E-state index contributed by atoms with van der Waals surface area (Å²) in [6.45, 7) is 2.01. The van der Waals surface area contributed by atoms with Gasteiger partial charge in [-0.2, -0.15) is 0 Å². The van der Waals surface area contributed by atoms with Crippen LogP contribution in [0.25, 0.3) is 0 Å². The quantitative estimate of drug-likeness (QED) is 0.197. The number of ether oxygens (including phenoxy) is 3. The lowest BCUT2D eigenvalue weighted by atomic mass is 10.1. The van der Waals surface area contributed by atoms with E-state index in [0.717, 1.165) is 11.1 Å². The zero-order chi connectivity index (χ0) is 33.6. The van der Waals surface area contributed by atoms with Crippen LogP contribution in [0.4, 0.5) is 0 Å². The number of rotatable bonds is 11. The molecule has 1 aliphatic rings. The van der Waals surface area contributed by atoms with Crippen LogP contribution >= 0.6 is 0 Å².